The molecule has 164 valence electrons. The zero-order valence-corrected chi connectivity index (χ0v) is 17.5. The third-order valence-electron chi connectivity index (χ3n) is 5.84. The number of halogens is 4. The van der Waals surface area contributed by atoms with Crippen LogP contribution in [0.3, 0.4) is 0 Å². The standard InChI is InChI=1S/C22H21ClF3N3O2/c1-28(11-13-2-6-16(23)7-3-13)20(30)19-18-10-14(18)12-29(19)21(31)27-17-8-4-15(5-9-17)22(24,25)26/h2-9,14,18-19H,10-12H2,1H3,(H,27,31). The van der Waals surface area contributed by atoms with Crippen LogP contribution in [-0.4, -0.2) is 41.4 Å². The number of amides is 3. The van der Waals surface area contributed by atoms with E-state index >= 15 is 0 Å². The molecule has 1 aliphatic carbocycles. The molecule has 9 heteroatoms. The van der Waals surface area contributed by atoms with Crippen LogP contribution in [0.4, 0.5) is 23.7 Å². The number of carbonyl (C=O) groups is 2. The lowest BCUT2D eigenvalue weighted by Gasteiger charge is -2.30. The van der Waals surface area contributed by atoms with Gasteiger partial charge in [0, 0.05) is 30.8 Å². The molecule has 0 spiro atoms. The number of carbonyl (C=O) groups excluding carboxylic acids is 2. The van der Waals surface area contributed by atoms with Crippen LogP contribution >= 0.6 is 11.6 Å². The van der Waals surface area contributed by atoms with Crippen molar-refractivity contribution in [1.29, 1.82) is 0 Å². The lowest BCUT2D eigenvalue weighted by Crippen LogP contribution is -2.50. The summed E-state index contributed by atoms with van der Waals surface area (Å²) in [6.07, 6.45) is -3.54. The van der Waals surface area contributed by atoms with E-state index in [9.17, 15) is 22.8 Å². The highest BCUT2D eigenvalue weighted by Crippen LogP contribution is 2.50. The van der Waals surface area contributed by atoms with Crippen molar-refractivity contribution in [3.05, 3.63) is 64.7 Å². The largest absolute Gasteiger partial charge is 0.416 e. The molecule has 4 rings (SSSR count). The van der Waals surface area contributed by atoms with Gasteiger partial charge in [0.25, 0.3) is 0 Å². The second-order valence-electron chi connectivity index (χ2n) is 8.08. The Bertz CT molecular complexity index is 979. The number of likely N-dealkylation sites (tertiary alicyclic amines) is 1. The van der Waals surface area contributed by atoms with Gasteiger partial charge < -0.3 is 15.1 Å². The molecule has 1 saturated heterocycles. The maximum absolute atomic E-state index is 13.1. The fraction of sp³-hybridized carbons (Fsp3) is 0.364. The summed E-state index contributed by atoms with van der Waals surface area (Å²) >= 11 is 5.90. The Kier molecular flexibility index (Phi) is 5.60. The highest BCUT2D eigenvalue weighted by atomic mass is 35.5. The van der Waals surface area contributed by atoms with E-state index in [1.54, 1.807) is 24.1 Å². The molecular formula is C22H21ClF3N3O2. The van der Waals surface area contributed by atoms with Crippen molar-refractivity contribution in [3.8, 4) is 0 Å². The zero-order valence-electron chi connectivity index (χ0n) is 16.7. The van der Waals surface area contributed by atoms with Crippen LogP contribution in [0.2, 0.25) is 5.02 Å². The van der Waals surface area contributed by atoms with E-state index in [1.807, 2.05) is 12.1 Å². The first-order chi connectivity index (χ1) is 14.6. The smallest absolute Gasteiger partial charge is 0.340 e. The third-order valence-corrected chi connectivity index (χ3v) is 6.09. The zero-order chi connectivity index (χ0) is 22.3. The van der Waals surface area contributed by atoms with Gasteiger partial charge in [-0.3, -0.25) is 4.79 Å². The van der Waals surface area contributed by atoms with E-state index in [1.165, 1.54) is 17.0 Å². The number of alkyl halides is 3. The first kappa shape index (κ1) is 21.5. The molecule has 2 aliphatic rings. The molecule has 2 fully saturated rings. The number of hydrogen-bond donors (Lipinski definition) is 1. The van der Waals surface area contributed by atoms with E-state index in [0.29, 0.717) is 18.1 Å². The summed E-state index contributed by atoms with van der Waals surface area (Å²) < 4.78 is 38.2. The van der Waals surface area contributed by atoms with Crippen LogP contribution in [0, 0.1) is 11.8 Å². The summed E-state index contributed by atoms with van der Waals surface area (Å²) in [6, 6.07) is 10.4. The number of fused-ring (bicyclic) bond motifs is 1. The first-order valence-electron chi connectivity index (χ1n) is 9.88. The highest BCUT2D eigenvalue weighted by Gasteiger charge is 2.57. The molecule has 0 aromatic heterocycles. The quantitative estimate of drug-likeness (QED) is 0.721. The molecule has 2 aromatic carbocycles. The molecule has 3 unspecified atom stereocenters. The molecule has 3 amide bonds. The fourth-order valence-corrected chi connectivity index (χ4v) is 4.22. The number of nitrogens with zero attached hydrogens (tertiary/aromatic N) is 2. The minimum atomic E-state index is -4.44. The number of urea groups is 1. The molecular weight excluding hydrogens is 431 g/mol. The van der Waals surface area contributed by atoms with Gasteiger partial charge in [-0.05, 0) is 60.2 Å². The fourth-order valence-electron chi connectivity index (χ4n) is 4.10. The van der Waals surface area contributed by atoms with Gasteiger partial charge in [-0.2, -0.15) is 13.2 Å². The molecule has 1 heterocycles. The minimum absolute atomic E-state index is 0.124. The van der Waals surface area contributed by atoms with Crippen LogP contribution in [0.5, 0.6) is 0 Å². The number of benzene rings is 2. The maximum atomic E-state index is 13.1. The number of anilines is 1. The monoisotopic (exact) mass is 451 g/mol. The van der Waals surface area contributed by atoms with Gasteiger partial charge in [-0.1, -0.05) is 23.7 Å². The van der Waals surface area contributed by atoms with Gasteiger partial charge in [0.15, 0.2) is 0 Å². The summed E-state index contributed by atoms with van der Waals surface area (Å²) in [5.41, 5.74) is 0.385. The van der Waals surface area contributed by atoms with Crippen LogP contribution in [0.25, 0.3) is 0 Å². The minimum Gasteiger partial charge on any atom is -0.340 e. The number of hydrogen-bond acceptors (Lipinski definition) is 2. The summed E-state index contributed by atoms with van der Waals surface area (Å²) in [4.78, 5) is 29.0. The molecule has 5 nitrogen and oxygen atoms in total. The van der Waals surface area contributed by atoms with E-state index in [0.717, 1.165) is 24.1 Å². The molecule has 1 N–H and O–H groups in total. The van der Waals surface area contributed by atoms with Crippen molar-refractivity contribution >= 4 is 29.2 Å². The Labute approximate surface area is 182 Å². The van der Waals surface area contributed by atoms with Crippen molar-refractivity contribution < 1.29 is 22.8 Å². The predicted octanol–water partition coefficient (Wildman–Crippen LogP) is 4.87. The number of nitrogens with one attached hydrogen (secondary N) is 1. The molecule has 0 radical (unpaired) electrons. The van der Waals surface area contributed by atoms with Crippen molar-refractivity contribution in [3.63, 3.8) is 0 Å². The number of rotatable bonds is 4. The maximum Gasteiger partial charge on any atom is 0.416 e. The molecule has 2 aromatic rings. The van der Waals surface area contributed by atoms with Crippen LogP contribution in [-0.2, 0) is 17.5 Å². The van der Waals surface area contributed by atoms with Crippen LogP contribution < -0.4 is 5.32 Å². The van der Waals surface area contributed by atoms with Gasteiger partial charge in [0.1, 0.15) is 6.04 Å². The van der Waals surface area contributed by atoms with Gasteiger partial charge in [-0.25, -0.2) is 4.79 Å². The van der Waals surface area contributed by atoms with Gasteiger partial charge in [0.05, 0.1) is 5.56 Å². The van der Waals surface area contributed by atoms with E-state index in [4.69, 9.17) is 11.6 Å². The Hall–Kier alpha value is -2.74. The molecule has 31 heavy (non-hydrogen) atoms. The lowest BCUT2D eigenvalue weighted by atomic mass is 10.1. The van der Waals surface area contributed by atoms with Crippen LogP contribution in [0.15, 0.2) is 48.5 Å². The summed E-state index contributed by atoms with van der Waals surface area (Å²) in [7, 11) is 1.69. The van der Waals surface area contributed by atoms with Crippen molar-refractivity contribution in [2.75, 3.05) is 18.9 Å². The lowest BCUT2D eigenvalue weighted by molar-refractivity contribution is -0.137. The Morgan fingerprint density at radius 3 is 2.39 bits per heavy atom. The SMILES string of the molecule is CN(Cc1ccc(Cl)cc1)C(=O)C1C2CC2CN1C(=O)Nc1ccc(C(F)(F)F)cc1. The Morgan fingerprint density at radius 1 is 1.13 bits per heavy atom. The molecule has 3 atom stereocenters. The first-order valence-corrected chi connectivity index (χ1v) is 10.3. The normalized spacial score (nSPS) is 22.1. The highest BCUT2D eigenvalue weighted by molar-refractivity contribution is 6.30. The molecule has 0 bridgehead atoms. The third kappa shape index (κ3) is 4.63. The summed E-state index contributed by atoms with van der Waals surface area (Å²) in [6.45, 7) is 0.848. The van der Waals surface area contributed by atoms with E-state index < -0.39 is 23.8 Å². The van der Waals surface area contributed by atoms with E-state index in [2.05, 4.69) is 5.32 Å². The second-order valence-corrected chi connectivity index (χ2v) is 8.52. The number of piperidine rings is 1. The topological polar surface area (TPSA) is 52.7 Å². The van der Waals surface area contributed by atoms with Gasteiger partial charge in [-0.15, -0.1) is 0 Å². The van der Waals surface area contributed by atoms with Crippen molar-refractivity contribution in [2.24, 2.45) is 11.8 Å². The summed E-state index contributed by atoms with van der Waals surface area (Å²) in [5, 5.41) is 3.23. The van der Waals surface area contributed by atoms with Crippen molar-refractivity contribution in [2.45, 2.75) is 25.2 Å². The Balaban J connectivity index is 1.42. The average Bonchev–Trinajstić information content (AvgIpc) is 3.38. The number of likely N-dealkylation sites (N-methyl/N-ethyl adjacent to an activating group) is 1. The van der Waals surface area contributed by atoms with Gasteiger partial charge in [0.2, 0.25) is 5.91 Å². The predicted molar refractivity (Wildman–Crippen MR) is 110 cm³/mol. The second kappa shape index (κ2) is 8.07. The molecule has 1 saturated carbocycles. The van der Waals surface area contributed by atoms with Crippen molar-refractivity contribution in [1.82, 2.24) is 9.80 Å². The average molecular weight is 452 g/mol. The summed E-state index contributed by atoms with van der Waals surface area (Å²) in [5.74, 6) is 0.261. The van der Waals surface area contributed by atoms with Gasteiger partial charge >= 0.3 is 12.2 Å². The molecule has 1 aliphatic heterocycles. The van der Waals surface area contributed by atoms with E-state index in [-0.39, 0.29) is 23.4 Å². The Morgan fingerprint density at radius 2 is 1.77 bits per heavy atom. The van der Waals surface area contributed by atoms with Crippen LogP contribution in [0.1, 0.15) is 17.5 Å².